The third-order valence-corrected chi connectivity index (χ3v) is 3.47. The van der Waals surface area contributed by atoms with Crippen molar-refractivity contribution >= 4 is 21.7 Å². The van der Waals surface area contributed by atoms with Crippen LogP contribution < -0.4 is 5.32 Å². The molecule has 1 aliphatic heterocycles. The fourth-order valence-corrected chi connectivity index (χ4v) is 1.85. The van der Waals surface area contributed by atoms with Crippen LogP contribution in [0, 0.1) is 12.8 Å². The number of anilines is 1. The standard InChI is InChI=1S/C11H15BrN2O/c1-8-4-11(14-6-10(8)12)13-5-9-2-3-15-7-9/h4,6,9H,2-3,5,7H2,1H3,(H,13,14). The summed E-state index contributed by atoms with van der Waals surface area (Å²) in [4.78, 5) is 4.30. The minimum absolute atomic E-state index is 0.635. The zero-order valence-corrected chi connectivity index (χ0v) is 10.4. The second-order valence-corrected chi connectivity index (χ2v) is 4.78. The highest BCUT2D eigenvalue weighted by Crippen LogP contribution is 2.18. The summed E-state index contributed by atoms with van der Waals surface area (Å²) in [6.07, 6.45) is 2.99. The molecule has 0 amide bonds. The number of rotatable bonds is 3. The van der Waals surface area contributed by atoms with E-state index in [1.54, 1.807) is 0 Å². The highest BCUT2D eigenvalue weighted by Gasteiger charge is 2.15. The highest BCUT2D eigenvalue weighted by atomic mass is 79.9. The first-order valence-electron chi connectivity index (χ1n) is 5.19. The molecule has 0 radical (unpaired) electrons. The molecule has 0 saturated carbocycles. The van der Waals surface area contributed by atoms with E-state index in [0.29, 0.717) is 5.92 Å². The van der Waals surface area contributed by atoms with Crippen molar-refractivity contribution in [1.29, 1.82) is 0 Å². The quantitative estimate of drug-likeness (QED) is 0.917. The molecule has 0 bridgehead atoms. The topological polar surface area (TPSA) is 34.1 Å². The van der Waals surface area contributed by atoms with Crippen LogP contribution in [-0.4, -0.2) is 24.7 Å². The Bertz CT molecular complexity index is 337. The van der Waals surface area contributed by atoms with Crippen molar-refractivity contribution in [2.24, 2.45) is 5.92 Å². The number of nitrogens with one attached hydrogen (secondary N) is 1. The van der Waals surface area contributed by atoms with Crippen LogP contribution in [0.4, 0.5) is 5.82 Å². The van der Waals surface area contributed by atoms with Crippen LogP contribution in [0.3, 0.4) is 0 Å². The molecule has 1 aliphatic rings. The van der Waals surface area contributed by atoms with Crippen LogP contribution in [0.15, 0.2) is 16.7 Å². The molecule has 1 aromatic rings. The molecule has 1 N–H and O–H groups in total. The molecule has 1 unspecified atom stereocenters. The van der Waals surface area contributed by atoms with Gasteiger partial charge >= 0.3 is 0 Å². The minimum Gasteiger partial charge on any atom is -0.381 e. The molecule has 0 aromatic carbocycles. The molecular weight excluding hydrogens is 256 g/mol. The molecule has 2 heterocycles. The summed E-state index contributed by atoms with van der Waals surface area (Å²) in [7, 11) is 0. The summed E-state index contributed by atoms with van der Waals surface area (Å²) >= 11 is 3.44. The van der Waals surface area contributed by atoms with E-state index in [9.17, 15) is 0 Å². The van der Waals surface area contributed by atoms with E-state index in [4.69, 9.17) is 4.74 Å². The van der Waals surface area contributed by atoms with Gasteiger partial charge in [0.1, 0.15) is 5.82 Å². The lowest BCUT2D eigenvalue weighted by Gasteiger charge is -2.10. The molecule has 1 fully saturated rings. The van der Waals surface area contributed by atoms with Gasteiger partial charge < -0.3 is 10.1 Å². The zero-order valence-electron chi connectivity index (χ0n) is 8.79. The first-order chi connectivity index (χ1) is 7.25. The Kier molecular flexibility index (Phi) is 3.59. The Morgan fingerprint density at radius 1 is 1.67 bits per heavy atom. The van der Waals surface area contributed by atoms with E-state index in [1.807, 2.05) is 6.20 Å². The van der Waals surface area contributed by atoms with E-state index in [-0.39, 0.29) is 0 Å². The third-order valence-electron chi connectivity index (χ3n) is 2.64. The number of aryl methyl sites for hydroxylation is 1. The second kappa shape index (κ2) is 4.94. The maximum Gasteiger partial charge on any atom is 0.126 e. The number of halogens is 1. The minimum atomic E-state index is 0.635. The lowest BCUT2D eigenvalue weighted by molar-refractivity contribution is 0.187. The van der Waals surface area contributed by atoms with Gasteiger partial charge in [0.2, 0.25) is 0 Å². The molecule has 0 spiro atoms. The maximum atomic E-state index is 5.32. The van der Waals surface area contributed by atoms with Crippen LogP contribution in [0.2, 0.25) is 0 Å². The summed E-state index contributed by atoms with van der Waals surface area (Å²) in [5.41, 5.74) is 1.20. The molecule has 3 nitrogen and oxygen atoms in total. The predicted octanol–water partition coefficient (Wildman–Crippen LogP) is 2.60. The first kappa shape index (κ1) is 10.9. The van der Waals surface area contributed by atoms with Gasteiger partial charge in [-0.3, -0.25) is 0 Å². The van der Waals surface area contributed by atoms with Gasteiger partial charge in [-0.15, -0.1) is 0 Å². The Hall–Kier alpha value is -0.610. The van der Waals surface area contributed by atoms with Crippen molar-refractivity contribution in [2.75, 3.05) is 25.1 Å². The van der Waals surface area contributed by atoms with Crippen molar-refractivity contribution in [3.05, 3.63) is 22.3 Å². The third kappa shape index (κ3) is 2.92. The summed E-state index contributed by atoms with van der Waals surface area (Å²) in [6, 6.07) is 2.06. The number of hydrogen-bond acceptors (Lipinski definition) is 3. The number of nitrogens with zero attached hydrogens (tertiary/aromatic N) is 1. The number of pyridine rings is 1. The normalized spacial score (nSPS) is 20.5. The first-order valence-corrected chi connectivity index (χ1v) is 5.99. The van der Waals surface area contributed by atoms with Gasteiger partial charge in [0.05, 0.1) is 6.61 Å². The van der Waals surface area contributed by atoms with Gasteiger partial charge in [-0.2, -0.15) is 0 Å². The van der Waals surface area contributed by atoms with E-state index in [1.165, 1.54) is 5.56 Å². The van der Waals surface area contributed by atoms with Crippen molar-refractivity contribution in [2.45, 2.75) is 13.3 Å². The van der Waals surface area contributed by atoms with Crippen molar-refractivity contribution in [3.63, 3.8) is 0 Å². The fraction of sp³-hybridized carbons (Fsp3) is 0.545. The smallest absolute Gasteiger partial charge is 0.126 e. The molecule has 1 saturated heterocycles. The molecule has 4 heteroatoms. The van der Waals surface area contributed by atoms with Crippen LogP contribution in [0.1, 0.15) is 12.0 Å². The van der Waals surface area contributed by atoms with E-state index < -0.39 is 0 Å². The number of ether oxygens (including phenoxy) is 1. The second-order valence-electron chi connectivity index (χ2n) is 3.93. The van der Waals surface area contributed by atoms with E-state index >= 15 is 0 Å². The Labute approximate surface area is 98.4 Å². The predicted molar refractivity (Wildman–Crippen MR) is 64.1 cm³/mol. The van der Waals surface area contributed by atoms with Crippen LogP contribution >= 0.6 is 15.9 Å². The summed E-state index contributed by atoms with van der Waals surface area (Å²) in [5, 5.41) is 3.34. The van der Waals surface area contributed by atoms with Gasteiger partial charge in [-0.1, -0.05) is 0 Å². The average Bonchev–Trinajstić information content (AvgIpc) is 2.73. The van der Waals surface area contributed by atoms with Gasteiger partial charge in [0.15, 0.2) is 0 Å². The Balaban J connectivity index is 1.90. The van der Waals surface area contributed by atoms with Crippen LogP contribution in [-0.2, 0) is 4.74 Å². The molecular formula is C11H15BrN2O. The van der Waals surface area contributed by atoms with Gasteiger partial charge in [0.25, 0.3) is 0 Å². The van der Waals surface area contributed by atoms with Crippen molar-refractivity contribution in [1.82, 2.24) is 4.98 Å². The Morgan fingerprint density at radius 3 is 3.20 bits per heavy atom. The molecule has 1 aromatic heterocycles. The summed E-state index contributed by atoms with van der Waals surface area (Å²) in [5.74, 6) is 1.58. The summed E-state index contributed by atoms with van der Waals surface area (Å²) < 4.78 is 6.37. The van der Waals surface area contributed by atoms with Crippen molar-refractivity contribution < 1.29 is 4.74 Å². The van der Waals surface area contributed by atoms with E-state index in [0.717, 1.165) is 36.5 Å². The number of hydrogen-bond donors (Lipinski definition) is 1. The van der Waals surface area contributed by atoms with Crippen LogP contribution in [0.25, 0.3) is 0 Å². The highest BCUT2D eigenvalue weighted by molar-refractivity contribution is 9.10. The average molecular weight is 271 g/mol. The van der Waals surface area contributed by atoms with E-state index in [2.05, 4.69) is 39.2 Å². The largest absolute Gasteiger partial charge is 0.381 e. The molecule has 1 atom stereocenters. The molecule has 0 aliphatic carbocycles. The molecule has 2 rings (SSSR count). The van der Waals surface area contributed by atoms with Gasteiger partial charge in [0, 0.05) is 29.7 Å². The van der Waals surface area contributed by atoms with Gasteiger partial charge in [-0.05, 0) is 40.9 Å². The van der Waals surface area contributed by atoms with Crippen molar-refractivity contribution in [3.8, 4) is 0 Å². The SMILES string of the molecule is Cc1cc(NCC2CCOC2)ncc1Br. The number of aromatic nitrogens is 1. The zero-order chi connectivity index (χ0) is 10.7. The molecule has 82 valence electrons. The van der Waals surface area contributed by atoms with Crippen LogP contribution in [0.5, 0.6) is 0 Å². The fourth-order valence-electron chi connectivity index (χ4n) is 1.63. The summed E-state index contributed by atoms with van der Waals surface area (Å²) in [6.45, 7) is 4.80. The lowest BCUT2D eigenvalue weighted by atomic mass is 10.1. The molecule has 15 heavy (non-hydrogen) atoms. The maximum absolute atomic E-state index is 5.32. The Morgan fingerprint density at radius 2 is 2.53 bits per heavy atom. The van der Waals surface area contributed by atoms with Gasteiger partial charge in [-0.25, -0.2) is 4.98 Å². The monoisotopic (exact) mass is 270 g/mol. The lowest BCUT2D eigenvalue weighted by Crippen LogP contribution is -2.14.